The summed E-state index contributed by atoms with van der Waals surface area (Å²) in [7, 11) is 0. The van der Waals surface area contributed by atoms with Crippen LogP contribution in [-0.2, 0) is 27.2 Å². The standard InChI is InChI=1S/C26H34N4O6S/c1-8-34-22(31)18-16-37-21(28-18)15-29(23(32)35-25(2,3)4)14-13-20-27-17-11-9-10-12-19(17)30(20)24(33)36-26(5,6)7/h9-12,16H,8,13-15H2,1-7H3. The normalized spacial score (nSPS) is 11.9. The van der Waals surface area contributed by atoms with E-state index in [2.05, 4.69) is 9.97 Å². The number of nitrogens with zero attached hydrogens (tertiary/aromatic N) is 4. The average molecular weight is 531 g/mol. The molecule has 0 saturated heterocycles. The summed E-state index contributed by atoms with van der Waals surface area (Å²) in [6, 6.07) is 7.28. The molecule has 2 heterocycles. The van der Waals surface area contributed by atoms with E-state index in [1.165, 1.54) is 20.8 Å². The molecule has 3 aromatic rings. The molecule has 0 aliphatic carbocycles. The number of esters is 1. The van der Waals surface area contributed by atoms with Gasteiger partial charge in [0, 0.05) is 18.3 Å². The Labute approximate surface area is 220 Å². The van der Waals surface area contributed by atoms with Gasteiger partial charge in [-0.2, -0.15) is 0 Å². The summed E-state index contributed by atoms with van der Waals surface area (Å²) in [6.07, 6.45) is -0.831. The van der Waals surface area contributed by atoms with Gasteiger partial charge in [0.1, 0.15) is 22.0 Å². The zero-order valence-corrected chi connectivity index (χ0v) is 23.2. The summed E-state index contributed by atoms with van der Waals surface area (Å²) in [5.74, 6) is -0.0599. The Kier molecular flexibility index (Phi) is 8.57. The summed E-state index contributed by atoms with van der Waals surface area (Å²) in [5.41, 5.74) is 0.0558. The van der Waals surface area contributed by atoms with Crippen LogP contribution in [-0.4, -0.2) is 61.9 Å². The molecular formula is C26H34N4O6S. The first-order valence-electron chi connectivity index (χ1n) is 12.1. The monoisotopic (exact) mass is 530 g/mol. The maximum Gasteiger partial charge on any atom is 0.420 e. The van der Waals surface area contributed by atoms with E-state index < -0.39 is 29.4 Å². The third-order valence-corrected chi connectivity index (χ3v) is 5.66. The van der Waals surface area contributed by atoms with Crippen LogP contribution in [0.3, 0.4) is 0 Å². The van der Waals surface area contributed by atoms with Crippen LogP contribution in [0, 0.1) is 0 Å². The van der Waals surface area contributed by atoms with Crippen molar-refractivity contribution in [1.29, 1.82) is 0 Å². The number of ether oxygens (including phenoxy) is 3. The molecule has 3 rings (SSSR count). The lowest BCUT2D eigenvalue weighted by Crippen LogP contribution is -2.38. The van der Waals surface area contributed by atoms with Crippen molar-refractivity contribution in [3.63, 3.8) is 0 Å². The molecule has 0 spiro atoms. The summed E-state index contributed by atoms with van der Waals surface area (Å²) in [4.78, 5) is 48.6. The van der Waals surface area contributed by atoms with Gasteiger partial charge < -0.3 is 19.1 Å². The molecule has 0 fully saturated rings. The molecule has 200 valence electrons. The van der Waals surface area contributed by atoms with Crippen LogP contribution in [0.1, 0.15) is 69.8 Å². The molecule has 0 unspecified atom stereocenters. The van der Waals surface area contributed by atoms with Gasteiger partial charge in [0.15, 0.2) is 5.69 Å². The highest BCUT2D eigenvalue weighted by Gasteiger charge is 2.27. The van der Waals surface area contributed by atoms with Crippen molar-refractivity contribution in [2.75, 3.05) is 13.2 Å². The number of fused-ring (bicyclic) bond motifs is 1. The predicted molar refractivity (Wildman–Crippen MR) is 140 cm³/mol. The van der Waals surface area contributed by atoms with Gasteiger partial charge in [-0.3, -0.25) is 0 Å². The molecule has 1 amide bonds. The lowest BCUT2D eigenvalue weighted by atomic mass is 10.2. The second-order valence-corrected chi connectivity index (χ2v) is 11.3. The Balaban J connectivity index is 1.88. The van der Waals surface area contributed by atoms with Crippen molar-refractivity contribution in [2.24, 2.45) is 0 Å². The SMILES string of the molecule is CCOC(=O)c1csc(CN(CCc2nc3ccccc3n2C(=O)OC(C)(C)C)C(=O)OC(C)(C)C)n1. The van der Waals surface area contributed by atoms with Crippen LogP contribution < -0.4 is 0 Å². The van der Waals surface area contributed by atoms with Crippen molar-refractivity contribution in [3.05, 3.63) is 46.2 Å². The second-order valence-electron chi connectivity index (χ2n) is 10.3. The highest BCUT2D eigenvalue weighted by atomic mass is 32.1. The molecule has 11 heteroatoms. The number of rotatable bonds is 7. The van der Waals surface area contributed by atoms with Gasteiger partial charge >= 0.3 is 18.2 Å². The van der Waals surface area contributed by atoms with E-state index in [0.717, 1.165) is 0 Å². The van der Waals surface area contributed by atoms with Crippen molar-refractivity contribution in [3.8, 4) is 0 Å². The number of imidazole rings is 1. The number of hydrogen-bond donors (Lipinski definition) is 0. The molecule has 0 bridgehead atoms. The van der Waals surface area contributed by atoms with Crippen LogP contribution in [0.2, 0.25) is 0 Å². The van der Waals surface area contributed by atoms with E-state index in [9.17, 15) is 14.4 Å². The molecule has 37 heavy (non-hydrogen) atoms. The Morgan fingerprint density at radius 2 is 1.68 bits per heavy atom. The molecule has 0 N–H and O–H groups in total. The average Bonchev–Trinajstić information content (AvgIpc) is 3.38. The number of carbonyl (C=O) groups is 3. The van der Waals surface area contributed by atoms with Gasteiger partial charge in [0.05, 0.1) is 24.2 Å². The minimum absolute atomic E-state index is 0.117. The molecule has 0 aliphatic rings. The number of amides is 1. The molecular weight excluding hydrogens is 496 g/mol. The lowest BCUT2D eigenvalue weighted by Gasteiger charge is -2.27. The zero-order valence-electron chi connectivity index (χ0n) is 22.4. The number of aromatic nitrogens is 3. The van der Waals surface area contributed by atoms with Gasteiger partial charge in [-0.25, -0.2) is 28.9 Å². The number of para-hydroxylation sites is 2. The number of carbonyl (C=O) groups excluding carboxylic acids is 3. The van der Waals surface area contributed by atoms with Gasteiger partial charge in [-0.15, -0.1) is 11.3 Å². The highest BCUT2D eigenvalue weighted by Crippen LogP contribution is 2.21. The molecule has 10 nitrogen and oxygen atoms in total. The predicted octanol–water partition coefficient (Wildman–Crippen LogP) is 5.43. The Hall–Kier alpha value is -3.47. The van der Waals surface area contributed by atoms with Crippen molar-refractivity contribution < 1.29 is 28.6 Å². The first-order valence-corrected chi connectivity index (χ1v) is 12.9. The number of thiazole rings is 1. The Morgan fingerprint density at radius 1 is 1.00 bits per heavy atom. The minimum Gasteiger partial charge on any atom is -0.461 e. The summed E-state index contributed by atoms with van der Waals surface area (Å²) >= 11 is 1.25. The van der Waals surface area contributed by atoms with E-state index >= 15 is 0 Å². The van der Waals surface area contributed by atoms with Crippen LogP contribution in [0.25, 0.3) is 11.0 Å². The van der Waals surface area contributed by atoms with Crippen LogP contribution in [0.4, 0.5) is 9.59 Å². The summed E-state index contributed by atoms with van der Waals surface area (Å²) < 4.78 is 17.7. The van der Waals surface area contributed by atoms with Gasteiger partial charge in [0.2, 0.25) is 0 Å². The maximum absolute atomic E-state index is 13.1. The second kappa shape index (κ2) is 11.3. The van der Waals surface area contributed by atoms with Crippen molar-refractivity contribution in [2.45, 2.75) is 72.6 Å². The van der Waals surface area contributed by atoms with Gasteiger partial charge in [-0.1, -0.05) is 12.1 Å². The Bertz CT molecular complexity index is 1270. The van der Waals surface area contributed by atoms with Crippen LogP contribution >= 0.6 is 11.3 Å². The van der Waals surface area contributed by atoms with Crippen molar-refractivity contribution in [1.82, 2.24) is 19.4 Å². The molecule has 0 saturated carbocycles. The highest BCUT2D eigenvalue weighted by molar-refractivity contribution is 7.09. The van der Waals surface area contributed by atoms with E-state index in [4.69, 9.17) is 14.2 Å². The molecule has 1 aromatic carbocycles. The third kappa shape index (κ3) is 7.75. The minimum atomic E-state index is -0.710. The fourth-order valence-electron chi connectivity index (χ4n) is 3.40. The van der Waals surface area contributed by atoms with Gasteiger partial charge in [-0.05, 0) is 60.6 Å². The van der Waals surface area contributed by atoms with E-state index in [0.29, 0.717) is 21.9 Å². The topological polar surface area (TPSA) is 113 Å². The van der Waals surface area contributed by atoms with E-state index in [1.54, 1.807) is 59.9 Å². The fraction of sp³-hybridized carbons (Fsp3) is 0.500. The quantitative estimate of drug-likeness (QED) is 0.293. The number of benzene rings is 1. The molecule has 0 aliphatic heterocycles. The van der Waals surface area contributed by atoms with Crippen molar-refractivity contribution >= 4 is 40.5 Å². The zero-order chi connectivity index (χ0) is 27.4. The van der Waals surface area contributed by atoms with Crippen LogP contribution in [0.15, 0.2) is 29.6 Å². The smallest absolute Gasteiger partial charge is 0.420 e. The summed E-state index contributed by atoms with van der Waals surface area (Å²) in [5, 5.41) is 2.15. The molecule has 0 atom stereocenters. The first kappa shape index (κ1) is 28.1. The molecule has 2 aromatic heterocycles. The Morgan fingerprint density at radius 3 is 2.32 bits per heavy atom. The third-order valence-electron chi connectivity index (χ3n) is 4.83. The first-order chi connectivity index (χ1) is 17.3. The number of hydrogen-bond acceptors (Lipinski definition) is 9. The van der Waals surface area contributed by atoms with E-state index in [1.807, 2.05) is 18.2 Å². The summed E-state index contributed by atoms with van der Waals surface area (Å²) in [6.45, 7) is 13.0. The lowest BCUT2D eigenvalue weighted by molar-refractivity contribution is 0.0234. The molecule has 0 radical (unpaired) electrons. The van der Waals surface area contributed by atoms with Gasteiger partial charge in [0.25, 0.3) is 0 Å². The van der Waals surface area contributed by atoms with E-state index in [-0.39, 0.29) is 31.8 Å². The van der Waals surface area contributed by atoms with Crippen LogP contribution in [0.5, 0.6) is 0 Å². The largest absolute Gasteiger partial charge is 0.461 e. The maximum atomic E-state index is 13.1. The fourth-order valence-corrected chi connectivity index (χ4v) is 4.17.